The Labute approximate surface area is 119 Å². The summed E-state index contributed by atoms with van der Waals surface area (Å²) in [6, 6.07) is 5.40. The van der Waals surface area contributed by atoms with Gasteiger partial charge in [0.05, 0.1) is 19.8 Å². The molecule has 0 aliphatic carbocycles. The molecule has 1 unspecified atom stereocenters. The first-order valence-electron chi connectivity index (χ1n) is 6.86. The van der Waals surface area contributed by atoms with E-state index in [1.165, 1.54) is 0 Å². The number of carbonyl (C=O) groups excluding carboxylic acids is 1. The van der Waals surface area contributed by atoms with E-state index in [-0.39, 0.29) is 5.91 Å². The van der Waals surface area contributed by atoms with Gasteiger partial charge in [0.25, 0.3) is 5.91 Å². The molecule has 0 aromatic heterocycles. The van der Waals surface area contributed by atoms with E-state index in [0.717, 1.165) is 26.1 Å². The first-order valence-corrected chi connectivity index (χ1v) is 6.86. The second-order valence-electron chi connectivity index (χ2n) is 5.00. The minimum absolute atomic E-state index is 0.0133. The second-order valence-corrected chi connectivity index (χ2v) is 5.00. The van der Waals surface area contributed by atoms with Crippen molar-refractivity contribution in [2.75, 3.05) is 40.9 Å². The molecule has 1 aromatic rings. The van der Waals surface area contributed by atoms with E-state index >= 15 is 0 Å². The molecule has 20 heavy (non-hydrogen) atoms. The lowest BCUT2D eigenvalue weighted by Crippen LogP contribution is -2.30. The van der Waals surface area contributed by atoms with Crippen molar-refractivity contribution in [2.45, 2.75) is 6.42 Å². The lowest BCUT2D eigenvalue weighted by atomic mass is 10.1. The van der Waals surface area contributed by atoms with Gasteiger partial charge in [-0.1, -0.05) is 6.07 Å². The van der Waals surface area contributed by atoms with Gasteiger partial charge >= 0.3 is 0 Å². The first kappa shape index (κ1) is 14.7. The van der Waals surface area contributed by atoms with Crippen LogP contribution in [0.1, 0.15) is 16.8 Å². The fourth-order valence-electron chi connectivity index (χ4n) is 2.70. The Morgan fingerprint density at radius 2 is 2.20 bits per heavy atom. The lowest BCUT2D eigenvalue weighted by molar-refractivity contribution is 0.0783. The summed E-state index contributed by atoms with van der Waals surface area (Å²) >= 11 is 0. The Hall–Kier alpha value is -1.75. The second kappa shape index (κ2) is 6.61. The Kier molecular flexibility index (Phi) is 4.84. The summed E-state index contributed by atoms with van der Waals surface area (Å²) in [7, 11) is 5.07. The van der Waals surface area contributed by atoms with Crippen molar-refractivity contribution in [3.8, 4) is 11.5 Å². The minimum Gasteiger partial charge on any atom is -0.493 e. The number of amides is 1. The van der Waals surface area contributed by atoms with Gasteiger partial charge in [0.2, 0.25) is 0 Å². The van der Waals surface area contributed by atoms with Crippen molar-refractivity contribution in [1.29, 1.82) is 0 Å². The van der Waals surface area contributed by atoms with Crippen molar-refractivity contribution >= 4 is 5.91 Å². The third-order valence-electron chi connectivity index (χ3n) is 3.70. The summed E-state index contributed by atoms with van der Waals surface area (Å²) in [6.45, 7) is 2.53. The first-order chi connectivity index (χ1) is 9.71. The Bertz CT molecular complexity index is 476. The topological polar surface area (TPSA) is 50.8 Å². The maximum Gasteiger partial charge on any atom is 0.257 e. The highest BCUT2D eigenvalue weighted by Crippen LogP contribution is 2.32. The molecule has 110 valence electrons. The largest absolute Gasteiger partial charge is 0.493 e. The lowest BCUT2D eigenvalue weighted by Gasteiger charge is -2.19. The Morgan fingerprint density at radius 1 is 1.40 bits per heavy atom. The molecule has 1 fully saturated rings. The Balaban J connectivity index is 2.18. The average Bonchev–Trinajstić information content (AvgIpc) is 2.94. The number of hydrogen-bond acceptors (Lipinski definition) is 4. The highest BCUT2D eigenvalue weighted by atomic mass is 16.5. The number of para-hydroxylation sites is 1. The molecule has 1 N–H and O–H groups in total. The zero-order chi connectivity index (χ0) is 14.5. The van der Waals surface area contributed by atoms with Crippen LogP contribution in [0.25, 0.3) is 0 Å². The molecule has 1 saturated heterocycles. The highest BCUT2D eigenvalue weighted by Gasteiger charge is 2.28. The summed E-state index contributed by atoms with van der Waals surface area (Å²) < 4.78 is 10.6. The molecule has 5 nitrogen and oxygen atoms in total. The van der Waals surface area contributed by atoms with Crippen LogP contribution < -0.4 is 14.8 Å². The van der Waals surface area contributed by atoms with Gasteiger partial charge in [0.15, 0.2) is 11.5 Å². The molecule has 0 spiro atoms. The van der Waals surface area contributed by atoms with Crippen LogP contribution in [0.2, 0.25) is 0 Å². The smallest absolute Gasteiger partial charge is 0.257 e. The normalized spacial score (nSPS) is 18.1. The number of rotatable bonds is 5. The zero-order valence-electron chi connectivity index (χ0n) is 12.3. The summed E-state index contributed by atoms with van der Waals surface area (Å²) in [5.41, 5.74) is 0.567. The monoisotopic (exact) mass is 278 g/mol. The molecule has 0 radical (unpaired) electrons. The van der Waals surface area contributed by atoms with Crippen LogP contribution in [0.15, 0.2) is 18.2 Å². The van der Waals surface area contributed by atoms with Gasteiger partial charge < -0.3 is 19.7 Å². The van der Waals surface area contributed by atoms with Crippen LogP contribution in [0.3, 0.4) is 0 Å². The number of ether oxygens (including phenoxy) is 2. The summed E-state index contributed by atoms with van der Waals surface area (Å²) in [4.78, 5) is 14.5. The SMILES string of the molecule is CNCC1CCN(C(=O)c2cccc(OC)c2OC)C1. The van der Waals surface area contributed by atoms with E-state index in [9.17, 15) is 4.79 Å². The van der Waals surface area contributed by atoms with Gasteiger partial charge in [-0.15, -0.1) is 0 Å². The standard InChI is InChI=1S/C15H22N2O3/c1-16-9-11-7-8-17(10-11)15(18)12-5-4-6-13(19-2)14(12)20-3/h4-6,11,16H,7-10H2,1-3H3. The third-order valence-corrected chi connectivity index (χ3v) is 3.70. The minimum atomic E-state index is 0.0133. The fourth-order valence-corrected chi connectivity index (χ4v) is 2.70. The zero-order valence-corrected chi connectivity index (χ0v) is 12.3. The van der Waals surface area contributed by atoms with Crippen LogP contribution in [-0.2, 0) is 0 Å². The molecule has 2 rings (SSSR count). The molecule has 5 heteroatoms. The molecule has 1 atom stereocenters. The summed E-state index contributed by atoms with van der Waals surface area (Å²) in [5, 5.41) is 3.17. The van der Waals surface area contributed by atoms with E-state index in [2.05, 4.69) is 5.32 Å². The molecule has 1 aromatic carbocycles. The van der Waals surface area contributed by atoms with Gasteiger partial charge in [0.1, 0.15) is 0 Å². The van der Waals surface area contributed by atoms with Crippen LogP contribution >= 0.6 is 0 Å². The van der Waals surface area contributed by atoms with Gasteiger partial charge in [-0.25, -0.2) is 0 Å². The van der Waals surface area contributed by atoms with E-state index in [1.807, 2.05) is 18.0 Å². The quantitative estimate of drug-likeness (QED) is 0.884. The van der Waals surface area contributed by atoms with Crippen LogP contribution in [0, 0.1) is 5.92 Å². The fraction of sp³-hybridized carbons (Fsp3) is 0.533. The predicted molar refractivity (Wildman–Crippen MR) is 77.5 cm³/mol. The van der Waals surface area contributed by atoms with Crippen molar-refractivity contribution in [1.82, 2.24) is 10.2 Å². The van der Waals surface area contributed by atoms with Crippen molar-refractivity contribution < 1.29 is 14.3 Å². The number of nitrogens with one attached hydrogen (secondary N) is 1. The number of hydrogen-bond donors (Lipinski definition) is 1. The Morgan fingerprint density at radius 3 is 2.85 bits per heavy atom. The summed E-state index contributed by atoms with van der Waals surface area (Å²) in [5.74, 6) is 1.64. The number of benzene rings is 1. The van der Waals surface area contributed by atoms with E-state index in [0.29, 0.717) is 23.0 Å². The maximum absolute atomic E-state index is 12.6. The van der Waals surface area contributed by atoms with Crippen LogP contribution in [-0.4, -0.2) is 51.7 Å². The molecule has 1 aliphatic rings. The number of nitrogens with zero attached hydrogens (tertiary/aromatic N) is 1. The van der Waals surface area contributed by atoms with Gasteiger partial charge in [-0.2, -0.15) is 0 Å². The molecule has 0 bridgehead atoms. The third kappa shape index (κ3) is 2.88. The van der Waals surface area contributed by atoms with Gasteiger partial charge in [-0.05, 0) is 38.1 Å². The molecule has 1 aliphatic heterocycles. The molecule has 1 amide bonds. The van der Waals surface area contributed by atoms with E-state index in [4.69, 9.17) is 9.47 Å². The highest BCUT2D eigenvalue weighted by molar-refractivity contribution is 5.98. The maximum atomic E-state index is 12.6. The van der Waals surface area contributed by atoms with Crippen LogP contribution in [0.5, 0.6) is 11.5 Å². The van der Waals surface area contributed by atoms with E-state index in [1.54, 1.807) is 26.4 Å². The van der Waals surface area contributed by atoms with Crippen LogP contribution in [0.4, 0.5) is 0 Å². The van der Waals surface area contributed by atoms with Crippen molar-refractivity contribution in [3.63, 3.8) is 0 Å². The number of likely N-dealkylation sites (tertiary alicyclic amines) is 1. The van der Waals surface area contributed by atoms with Crippen molar-refractivity contribution in [3.05, 3.63) is 23.8 Å². The van der Waals surface area contributed by atoms with E-state index < -0.39 is 0 Å². The molecule has 0 saturated carbocycles. The van der Waals surface area contributed by atoms with Crippen molar-refractivity contribution in [2.24, 2.45) is 5.92 Å². The average molecular weight is 278 g/mol. The number of methoxy groups -OCH3 is 2. The molecular weight excluding hydrogens is 256 g/mol. The van der Waals surface area contributed by atoms with Gasteiger partial charge in [-0.3, -0.25) is 4.79 Å². The predicted octanol–water partition coefficient (Wildman–Crippen LogP) is 1.39. The molecule has 1 heterocycles. The molecular formula is C15H22N2O3. The summed E-state index contributed by atoms with van der Waals surface area (Å²) in [6.07, 6.45) is 1.04. The van der Waals surface area contributed by atoms with Gasteiger partial charge in [0, 0.05) is 13.1 Å². The number of carbonyl (C=O) groups is 1.